The van der Waals surface area contributed by atoms with Gasteiger partial charge in [-0.25, -0.2) is 4.68 Å². The van der Waals surface area contributed by atoms with Crippen LogP contribution < -0.4 is 0 Å². The first-order valence-electron chi connectivity index (χ1n) is 8.46. The highest BCUT2D eigenvalue weighted by Crippen LogP contribution is 2.28. The van der Waals surface area contributed by atoms with Gasteiger partial charge in [-0.15, -0.1) is 0 Å². The van der Waals surface area contributed by atoms with Crippen molar-refractivity contribution in [2.75, 3.05) is 26.2 Å². The smallest absolute Gasteiger partial charge is 0.320 e. The van der Waals surface area contributed by atoms with Gasteiger partial charge in [0.25, 0.3) is 5.91 Å². The van der Waals surface area contributed by atoms with E-state index in [1.807, 2.05) is 18.2 Å². The van der Waals surface area contributed by atoms with Crippen molar-refractivity contribution in [3.05, 3.63) is 52.3 Å². The van der Waals surface area contributed by atoms with Gasteiger partial charge in [-0.3, -0.25) is 19.8 Å². The Hall–Kier alpha value is -2.74. The van der Waals surface area contributed by atoms with Gasteiger partial charge in [0.15, 0.2) is 0 Å². The summed E-state index contributed by atoms with van der Waals surface area (Å²) < 4.78 is 1.39. The van der Waals surface area contributed by atoms with Crippen LogP contribution in [0, 0.1) is 10.1 Å². The molecule has 0 atom stereocenters. The second-order valence-electron chi connectivity index (χ2n) is 6.46. The molecule has 0 unspecified atom stereocenters. The zero-order valence-corrected chi connectivity index (χ0v) is 13.7. The molecule has 2 fully saturated rings. The molecular formula is C17H19N5O3. The van der Waals surface area contributed by atoms with E-state index in [0.717, 1.165) is 13.1 Å². The molecule has 0 N–H and O–H groups in total. The maximum Gasteiger partial charge on any atom is 0.320 e. The molecule has 0 bridgehead atoms. The maximum atomic E-state index is 12.8. The Morgan fingerprint density at radius 1 is 1.12 bits per heavy atom. The van der Waals surface area contributed by atoms with Crippen molar-refractivity contribution < 1.29 is 9.72 Å². The molecule has 1 aliphatic carbocycles. The summed E-state index contributed by atoms with van der Waals surface area (Å²) in [6, 6.07) is 9.75. The van der Waals surface area contributed by atoms with Gasteiger partial charge in [0.05, 0.1) is 10.6 Å². The van der Waals surface area contributed by atoms with E-state index in [4.69, 9.17) is 0 Å². The maximum absolute atomic E-state index is 12.8. The number of rotatable bonds is 4. The van der Waals surface area contributed by atoms with Crippen molar-refractivity contribution in [2.45, 2.75) is 18.9 Å². The van der Waals surface area contributed by atoms with Crippen LogP contribution >= 0.6 is 0 Å². The van der Waals surface area contributed by atoms with Crippen molar-refractivity contribution in [2.24, 2.45) is 0 Å². The molecule has 2 aliphatic rings. The van der Waals surface area contributed by atoms with Crippen LogP contribution in [0.5, 0.6) is 0 Å². The quantitative estimate of drug-likeness (QED) is 0.624. The predicted molar refractivity (Wildman–Crippen MR) is 90.7 cm³/mol. The minimum Gasteiger partial charge on any atom is -0.334 e. The highest BCUT2D eigenvalue weighted by molar-refractivity contribution is 5.96. The number of hydrogen-bond acceptors (Lipinski definition) is 5. The number of benzene rings is 1. The minimum atomic E-state index is -0.542. The number of aromatic nitrogens is 2. The Morgan fingerprint density at radius 2 is 1.80 bits per heavy atom. The third-order valence-electron chi connectivity index (χ3n) is 4.78. The number of piperazine rings is 1. The van der Waals surface area contributed by atoms with E-state index in [1.165, 1.54) is 23.7 Å². The summed E-state index contributed by atoms with van der Waals surface area (Å²) >= 11 is 0. The van der Waals surface area contributed by atoms with Crippen molar-refractivity contribution in [3.8, 4) is 5.69 Å². The zero-order valence-electron chi connectivity index (χ0n) is 13.7. The molecular weight excluding hydrogens is 322 g/mol. The van der Waals surface area contributed by atoms with Crippen LogP contribution in [-0.4, -0.2) is 62.6 Å². The standard InChI is InChI=1S/C17H19N5O3/c23-17(20-10-8-19(9-11-20)13-6-7-13)16-15(22(24)25)12-21(18-16)14-4-2-1-3-5-14/h1-5,12-13H,6-11H2. The van der Waals surface area contributed by atoms with E-state index in [9.17, 15) is 14.9 Å². The first kappa shape index (κ1) is 15.8. The van der Waals surface area contributed by atoms with E-state index in [1.54, 1.807) is 17.0 Å². The molecule has 2 heterocycles. The molecule has 1 aromatic heterocycles. The lowest BCUT2D eigenvalue weighted by molar-refractivity contribution is -0.385. The number of nitro groups is 1. The molecule has 8 nitrogen and oxygen atoms in total. The summed E-state index contributed by atoms with van der Waals surface area (Å²) in [6.45, 7) is 2.82. The summed E-state index contributed by atoms with van der Waals surface area (Å²) in [7, 11) is 0. The van der Waals surface area contributed by atoms with Gasteiger partial charge in [-0.1, -0.05) is 18.2 Å². The zero-order chi connectivity index (χ0) is 17.4. The van der Waals surface area contributed by atoms with Gasteiger partial charge in [-0.2, -0.15) is 5.10 Å². The molecule has 25 heavy (non-hydrogen) atoms. The van der Waals surface area contributed by atoms with Gasteiger partial charge >= 0.3 is 5.69 Å². The first-order valence-corrected chi connectivity index (χ1v) is 8.46. The molecule has 0 spiro atoms. The summed E-state index contributed by atoms with van der Waals surface area (Å²) in [6.07, 6.45) is 3.78. The summed E-state index contributed by atoms with van der Waals surface area (Å²) in [5.74, 6) is -0.364. The van der Waals surface area contributed by atoms with Gasteiger partial charge in [0.2, 0.25) is 5.69 Å². The third kappa shape index (κ3) is 3.12. The molecule has 8 heteroatoms. The fourth-order valence-electron chi connectivity index (χ4n) is 3.24. The second kappa shape index (κ2) is 6.29. The first-order chi connectivity index (χ1) is 12.1. The van der Waals surface area contributed by atoms with Gasteiger partial charge < -0.3 is 4.90 Å². The molecule has 1 aliphatic heterocycles. The van der Waals surface area contributed by atoms with Gasteiger partial charge in [0, 0.05) is 32.2 Å². The number of carbonyl (C=O) groups excluding carboxylic acids is 1. The number of carbonyl (C=O) groups is 1. The van der Waals surface area contributed by atoms with Crippen LogP contribution in [0.25, 0.3) is 5.69 Å². The van der Waals surface area contributed by atoms with E-state index < -0.39 is 4.92 Å². The fourth-order valence-corrected chi connectivity index (χ4v) is 3.24. The number of amides is 1. The van der Waals surface area contributed by atoms with Crippen LogP contribution in [0.2, 0.25) is 0 Å². The lowest BCUT2D eigenvalue weighted by Crippen LogP contribution is -2.49. The van der Waals surface area contributed by atoms with Gasteiger partial charge in [-0.05, 0) is 25.0 Å². The predicted octanol–water partition coefficient (Wildman–Crippen LogP) is 1.70. The monoisotopic (exact) mass is 341 g/mol. The molecule has 1 saturated heterocycles. The molecule has 0 radical (unpaired) electrons. The second-order valence-corrected chi connectivity index (χ2v) is 6.46. The average molecular weight is 341 g/mol. The Kier molecular flexibility index (Phi) is 3.96. The van der Waals surface area contributed by atoms with Crippen LogP contribution in [0.3, 0.4) is 0 Å². The van der Waals surface area contributed by atoms with Crippen LogP contribution in [-0.2, 0) is 0 Å². The van der Waals surface area contributed by atoms with Gasteiger partial charge in [0.1, 0.15) is 6.20 Å². The highest BCUT2D eigenvalue weighted by atomic mass is 16.6. The Labute approximate surface area is 144 Å². The summed E-state index contributed by atoms with van der Waals surface area (Å²) in [5.41, 5.74) is 0.343. The topological polar surface area (TPSA) is 84.5 Å². The van der Waals surface area contributed by atoms with Crippen molar-refractivity contribution in [3.63, 3.8) is 0 Å². The van der Waals surface area contributed by atoms with E-state index >= 15 is 0 Å². The molecule has 2 aromatic rings. The van der Waals surface area contributed by atoms with Crippen LogP contribution in [0.1, 0.15) is 23.3 Å². The number of para-hydroxylation sites is 1. The van der Waals surface area contributed by atoms with E-state index in [2.05, 4.69) is 10.00 Å². The van der Waals surface area contributed by atoms with Crippen molar-refractivity contribution >= 4 is 11.6 Å². The largest absolute Gasteiger partial charge is 0.334 e. The highest BCUT2D eigenvalue weighted by Gasteiger charge is 2.35. The number of nitrogens with zero attached hydrogens (tertiary/aromatic N) is 5. The third-order valence-corrected chi connectivity index (χ3v) is 4.78. The minimum absolute atomic E-state index is 0.0891. The average Bonchev–Trinajstić information content (AvgIpc) is 3.39. The molecule has 4 rings (SSSR count). The van der Waals surface area contributed by atoms with Crippen molar-refractivity contribution in [1.29, 1.82) is 0 Å². The van der Waals surface area contributed by atoms with E-state index in [0.29, 0.717) is 24.8 Å². The Bertz CT molecular complexity index is 792. The molecule has 1 amide bonds. The summed E-state index contributed by atoms with van der Waals surface area (Å²) in [4.78, 5) is 27.7. The summed E-state index contributed by atoms with van der Waals surface area (Å²) in [5, 5.41) is 15.6. The lowest BCUT2D eigenvalue weighted by Gasteiger charge is -2.34. The fraction of sp³-hybridized carbons (Fsp3) is 0.412. The van der Waals surface area contributed by atoms with Crippen LogP contribution in [0.15, 0.2) is 36.5 Å². The molecule has 130 valence electrons. The molecule has 1 aromatic carbocycles. The van der Waals surface area contributed by atoms with E-state index in [-0.39, 0.29) is 17.3 Å². The SMILES string of the molecule is O=C(c1nn(-c2ccccc2)cc1[N+](=O)[O-])N1CCN(C2CC2)CC1. The Morgan fingerprint density at radius 3 is 2.40 bits per heavy atom. The number of hydrogen-bond donors (Lipinski definition) is 0. The Balaban J connectivity index is 1.57. The normalized spacial score (nSPS) is 18.3. The van der Waals surface area contributed by atoms with Crippen molar-refractivity contribution in [1.82, 2.24) is 19.6 Å². The lowest BCUT2D eigenvalue weighted by atomic mass is 10.2. The molecule has 1 saturated carbocycles. The van der Waals surface area contributed by atoms with Crippen LogP contribution in [0.4, 0.5) is 5.69 Å².